The number of aryl methyl sites for hydroxylation is 1. The van der Waals surface area contributed by atoms with Gasteiger partial charge in [-0.2, -0.15) is 0 Å². The lowest BCUT2D eigenvalue weighted by molar-refractivity contribution is -0.140. The fourth-order valence-electron chi connectivity index (χ4n) is 3.12. The number of hydrogen-bond donors (Lipinski definition) is 0. The number of methoxy groups -OCH3 is 2. The second kappa shape index (κ2) is 8.62. The molecule has 154 valence electrons. The molecular formula is C20H21NO7S. The average molecular weight is 419 g/mol. The summed E-state index contributed by atoms with van der Waals surface area (Å²) >= 11 is 1.35. The van der Waals surface area contributed by atoms with E-state index >= 15 is 0 Å². The highest BCUT2D eigenvalue weighted by atomic mass is 32.1. The minimum atomic E-state index is -0.664. The summed E-state index contributed by atoms with van der Waals surface area (Å²) in [6.07, 6.45) is 0. The highest BCUT2D eigenvalue weighted by Gasteiger charge is 2.32. The maximum atomic E-state index is 12.4. The maximum absolute atomic E-state index is 12.4. The fraction of sp³-hybridized carbons (Fsp3) is 0.350. The van der Waals surface area contributed by atoms with E-state index in [0.29, 0.717) is 17.2 Å². The van der Waals surface area contributed by atoms with E-state index in [1.54, 1.807) is 17.9 Å². The van der Waals surface area contributed by atoms with E-state index in [2.05, 4.69) is 0 Å². The minimum absolute atomic E-state index is 0.0552. The van der Waals surface area contributed by atoms with Crippen LogP contribution in [0.1, 0.15) is 22.2 Å². The Balaban J connectivity index is 2.10. The Morgan fingerprint density at radius 2 is 1.86 bits per heavy atom. The summed E-state index contributed by atoms with van der Waals surface area (Å²) in [5.74, 6) is -1.69. The molecule has 0 atom stereocenters. The van der Waals surface area contributed by atoms with Crippen molar-refractivity contribution in [2.45, 2.75) is 13.8 Å². The topological polar surface area (TPSA) is 91.4 Å². The summed E-state index contributed by atoms with van der Waals surface area (Å²) in [6, 6.07) is 5.49. The molecule has 0 spiro atoms. The molecule has 0 bridgehead atoms. The van der Waals surface area contributed by atoms with Crippen molar-refractivity contribution in [2.75, 3.05) is 39.1 Å². The molecule has 1 aliphatic heterocycles. The van der Waals surface area contributed by atoms with Crippen molar-refractivity contribution >= 4 is 45.0 Å². The van der Waals surface area contributed by atoms with E-state index in [1.807, 2.05) is 19.1 Å². The van der Waals surface area contributed by atoms with Gasteiger partial charge in [0.1, 0.15) is 17.3 Å². The van der Waals surface area contributed by atoms with Gasteiger partial charge in [-0.3, -0.25) is 0 Å². The molecule has 0 fully saturated rings. The van der Waals surface area contributed by atoms with Crippen molar-refractivity contribution in [3.8, 4) is 0 Å². The summed E-state index contributed by atoms with van der Waals surface area (Å²) in [5, 5.41) is 0.852. The van der Waals surface area contributed by atoms with Crippen LogP contribution in [0.2, 0.25) is 0 Å². The highest BCUT2D eigenvalue weighted by Crippen LogP contribution is 2.36. The molecule has 1 aromatic heterocycles. The number of carbonyl (C=O) groups is 3. The first kappa shape index (κ1) is 20.8. The molecule has 1 aliphatic rings. The molecule has 2 aromatic rings. The van der Waals surface area contributed by atoms with Gasteiger partial charge >= 0.3 is 17.9 Å². The number of hydrogen-bond acceptors (Lipinski definition) is 9. The lowest BCUT2D eigenvalue weighted by Gasteiger charge is -2.31. The van der Waals surface area contributed by atoms with E-state index in [1.165, 1.54) is 25.6 Å². The second-order valence-corrected chi connectivity index (χ2v) is 7.23. The number of rotatable bonds is 5. The molecule has 2 heterocycles. The fourth-order valence-corrected chi connectivity index (χ4v) is 4.20. The van der Waals surface area contributed by atoms with Gasteiger partial charge < -0.3 is 23.8 Å². The van der Waals surface area contributed by atoms with Crippen molar-refractivity contribution in [3.05, 3.63) is 39.9 Å². The summed E-state index contributed by atoms with van der Waals surface area (Å²) in [7, 11) is 2.48. The molecule has 0 amide bonds. The van der Waals surface area contributed by atoms with E-state index < -0.39 is 11.9 Å². The third kappa shape index (κ3) is 3.83. The summed E-state index contributed by atoms with van der Waals surface area (Å²) in [6.45, 7) is 3.91. The number of benzene rings is 1. The van der Waals surface area contributed by atoms with Crippen LogP contribution in [-0.2, 0) is 28.5 Å². The van der Waals surface area contributed by atoms with Gasteiger partial charge in [0, 0.05) is 10.4 Å². The molecule has 1 aromatic carbocycles. The number of nitrogens with zero attached hydrogens (tertiary/aromatic N) is 1. The lowest BCUT2D eigenvalue weighted by atomic mass is 10.1. The van der Waals surface area contributed by atoms with Crippen molar-refractivity contribution in [2.24, 2.45) is 0 Å². The van der Waals surface area contributed by atoms with Crippen LogP contribution in [0.4, 0.5) is 5.69 Å². The normalized spacial score (nSPS) is 14.1. The largest absolute Gasteiger partial charge is 0.466 e. The molecule has 0 aliphatic carbocycles. The number of ether oxygens (including phenoxy) is 4. The van der Waals surface area contributed by atoms with Crippen LogP contribution in [0, 0.1) is 6.92 Å². The zero-order chi connectivity index (χ0) is 21.1. The van der Waals surface area contributed by atoms with Crippen molar-refractivity contribution < 1.29 is 33.3 Å². The molecule has 29 heavy (non-hydrogen) atoms. The molecule has 9 heteroatoms. The molecule has 8 nitrogen and oxygen atoms in total. The van der Waals surface area contributed by atoms with Gasteiger partial charge in [0.2, 0.25) is 0 Å². The van der Waals surface area contributed by atoms with Gasteiger partial charge in [-0.1, -0.05) is 0 Å². The van der Waals surface area contributed by atoms with Crippen LogP contribution < -0.4 is 4.90 Å². The van der Waals surface area contributed by atoms with Crippen LogP contribution in [0.15, 0.2) is 29.5 Å². The van der Waals surface area contributed by atoms with Gasteiger partial charge in [0.25, 0.3) is 0 Å². The van der Waals surface area contributed by atoms with Gasteiger partial charge in [-0.15, -0.1) is 11.3 Å². The predicted molar refractivity (Wildman–Crippen MR) is 107 cm³/mol. The first-order valence-corrected chi connectivity index (χ1v) is 9.69. The Kier molecular flexibility index (Phi) is 6.19. The quantitative estimate of drug-likeness (QED) is 0.540. The minimum Gasteiger partial charge on any atom is -0.466 e. The first-order chi connectivity index (χ1) is 13.9. The Labute approximate surface area is 171 Å². The SMILES string of the molecule is CCOC(=O)c1sc2ccc(N3COCC(C(=O)OC)=C3C(=O)OC)cc2c1C. The predicted octanol–water partition coefficient (Wildman–Crippen LogP) is 2.78. The number of anilines is 1. The first-order valence-electron chi connectivity index (χ1n) is 8.88. The van der Waals surface area contributed by atoms with Gasteiger partial charge in [-0.05, 0) is 43.0 Å². The van der Waals surface area contributed by atoms with Crippen molar-refractivity contribution in [3.63, 3.8) is 0 Å². The average Bonchev–Trinajstić information content (AvgIpc) is 3.08. The number of thiophene rings is 1. The van der Waals surface area contributed by atoms with E-state index in [-0.39, 0.29) is 30.6 Å². The Morgan fingerprint density at radius 1 is 1.14 bits per heavy atom. The highest BCUT2D eigenvalue weighted by molar-refractivity contribution is 7.21. The van der Waals surface area contributed by atoms with Crippen LogP contribution in [0.5, 0.6) is 0 Å². The number of fused-ring (bicyclic) bond motifs is 1. The van der Waals surface area contributed by atoms with E-state index in [4.69, 9.17) is 18.9 Å². The molecular weight excluding hydrogens is 398 g/mol. The molecule has 3 rings (SSSR count). The Morgan fingerprint density at radius 3 is 2.52 bits per heavy atom. The van der Waals surface area contributed by atoms with Gasteiger partial charge in [0.05, 0.1) is 33.0 Å². The number of esters is 3. The van der Waals surface area contributed by atoms with Crippen LogP contribution in [0.3, 0.4) is 0 Å². The van der Waals surface area contributed by atoms with Gasteiger partial charge in [-0.25, -0.2) is 14.4 Å². The Bertz CT molecular complexity index is 1010. The maximum Gasteiger partial charge on any atom is 0.355 e. The Hall–Kier alpha value is -2.91. The summed E-state index contributed by atoms with van der Waals surface area (Å²) in [4.78, 5) is 38.9. The standard InChI is InChI=1S/C20H21NO7S/c1-5-28-20(24)17-11(2)13-8-12(6-7-15(13)29-17)21-10-27-9-14(18(22)25-3)16(21)19(23)26-4/h6-8H,5,9-10H2,1-4H3. The lowest BCUT2D eigenvalue weighted by Crippen LogP contribution is -2.38. The molecule has 0 N–H and O–H groups in total. The second-order valence-electron chi connectivity index (χ2n) is 6.17. The van der Waals surface area contributed by atoms with E-state index in [9.17, 15) is 14.4 Å². The van der Waals surface area contributed by atoms with Crippen LogP contribution >= 0.6 is 11.3 Å². The van der Waals surface area contributed by atoms with Crippen molar-refractivity contribution in [1.29, 1.82) is 0 Å². The van der Waals surface area contributed by atoms with Crippen molar-refractivity contribution in [1.82, 2.24) is 0 Å². The third-order valence-corrected chi connectivity index (χ3v) is 5.78. The molecule has 0 unspecified atom stereocenters. The summed E-state index contributed by atoms with van der Waals surface area (Å²) in [5.41, 5.74) is 1.57. The molecule has 0 saturated heterocycles. The smallest absolute Gasteiger partial charge is 0.355 e. The monoisotopic (exact) mass is 419 g/mol. The van der Waals surface area contributed by atoms with Crippen LogP contribution in [-0.4, -0.2) is 52.1 Å². The zero-order valence-corrected chi connectivity index (χ0v) is 17.4. The summed E-state index contributed by atoms with van der Waals surface area (Å²) < 4.78 is 21.2. The third-order valence-electron chi connectivity index (χ3n) is 4.53. The molecule has 0 radical (unpaired) electrons. The molecule has 0 saturated carbocycles. The van der Waals surface area contributed by atoms with Crippen LogP contribution in [0.25, 0.3) is 10.1 Å². The zero-order valence-electron chi connectivity index (χ0n) is 16.6. The number of carbonyl (C=O) groups excluding carboxylic acids is 3. The van der Waals surface area contributed by atoms with Gasteiger partial charge in [0.15, 0.2) is 0 Å². The van der Waals surface area contributed by atoms with E-state index in [0.717, 1.165) is 15.6 Å².